The molecule has 2 rings (SSSR count). The normalized spacial score (nSPS) is 35.6. The van der Waals surface area contributed by atoms with Gasteiger partial charge in [-0.05, 0) is 30.2 Å². The molecule has 2 heteroatoms. The fourth-order valence-electron chi connectivity index (χ4n) is 2.60. The fraction of sp³-hybridized carbons (Fsp3) is 1.00. The third-order valence-electron chi connectivity index (χ3n) is 4.47. The molecule has 1 unspecified atom stereocenters. The molecule has 0 aromatic carbocycles. The summed E-state index contributed by atoms with van der Waals surface area (Å²) in [7, 11) is 0. The van der Waals surface area contributed by atoms with Crippen molar-refractivity contribution in [3.05, 3.63) is 0 Å². The Kier molecular flexibility index (Phi) is 2.39. The van der Waals surface area contributed by atoms with Gasteiger partial charge in [-0.3, -0.25) is 0 Å². The second-order valence-corrected chi connectivity index (χ2v) is 5.93. The highest BCUT2D eigenvalue weighted by molar-refractivity contribution is 5.14. The molecule has 2 aliphatic rings. The summed E-state index contributed by atoms with van der Waals surface area (Å²) in [4.78, 5) is 0. The van der Waals surface area contributed by atoms with Crippen LogP contribution in [0.1, 0.15) is 40.5 Å². The predicted molar refractivity (Wildman–Crippen MR) is 58.3 cm³/mol. The van der Waals surface area contributed by atoms with Crippen LogP contribution >= 0.6 is 0 Å². The predicted octanol–water partition coefficient (Wildman–Crippen LogP) is 2.19. The van der Waals surface area contributed by atoms with Crippen LogP contribution in [0, 0.1) is 10.8 Å². The van der Waals surface area contributed by atoms with E-state index in [0.717, 1.165) is 13.1 Å². The van der Waals surface area contributed by atoms with Gasteiger partial charge >= 0.3 is 0 Å². The van der Waals surface area contributed by atoms with E-state index < -0.39 is 0 Å². The summed E-state index contributed by atoms with van der Waals surface area (Å²) in [5, 5.41) is 3.40. The number of rotatable bonds is 2. The number of nitrogens with one attached hydrogen (secondary N) is 1. The van der Waals surface area contributed by atoms with Gasteiger partial charge in [0, 0.05) is 6.54 Å². The van der Waals surface area contributed by atoms with Gasteiger partial charge in [-0.1, -0.05) is 27.7 Å². The van der Waals surface area contributed by atoms with Crippen LogP contribution in [0.5, 0.6) is 0 Å². The average molecular weight is 197 g/mol. The van der Waals surface area contributed by atoms with Gasteiger partial charge in [0.15, 0.2) is 0 Å². The lowest BCUT2D eigenvalue weighted by Crippen LogP contribution is -2.36. The van der Waals surface area contributed by atoms with Crippen LogP contribution in [0.15, 0.2) is 0 Å². The highest BCUT2D eigenvalue weighted by atomic mass is 16.5. The Morgan fingerprint density at radius 3 is 2.21 bits per heavy atom. The average Bonchev–Trinajstić information content (AvgIpc) is 2.50. The van der Waals surface area contributed by atoms with E-state index in [0.29, 0.717) is 23.0 Å². The molecular formula is C12H23NO. The minimum Gasteiger partial charge on any atom is -0.373 e. The molecule has 0 aromatic rings. The zero-order chi connectivity index (χ0) is 10.4. The van der Waals surface area contributed by atoms with Crippen LogP contribution in [-0.2, 0) is 4.74 Å². The van der Waals surface area contributed by atoms with E-state index in [1.807, 2.05) is 0 Å². The molecule has 1 aliphatic heterocycles. The van der Waals surface area contributed by atoms with Gasteiger partial charge in [-0.15, -0.1) is 0 Å². The molecule has 1 saturated heterocycles. The maximum atomic E-state index is 6.17. The first-order valence-electron chi connectivity index (χ1n) is 5.82. The molecule has 2 fully saturated rings. The summed E-state index contributed by atoms with van der Waals surface area (Å²) >= 11 is 0. The molecule has 0 aromatic heterocycles. The highest BCUT2D eigenvalue weighted by Crippen LogP contribution is 2.64. The summed E-state index contributed by atoms with van der Waals surface area (Å²) in [6.07, 6.45) is 3.41. The molecule has 2 nitrogen and oxygen atoms in total. The van der Waals surface area contributed by atoms with Crippen molar-refractivity contribution in [1.29, 1.82) is 0 Å². The minimum atomic E-state index is 0.366. The number of hydrogen-bond donors (Lipinski definition) is 1. The van der Waals surface area contributed by atoms with Crippen LogP contribution in [0.25, 0.3) is 0 Å². The van der Waals surface area contributed by atoms with Crippen molar-refractivity contribution >= 4 is 0 Å². The van der Waals surface area contributed by atoms with Gasteiger partial charge in [0.05, 0.1) is 12.2 Å². The van der Waals surface area contributed by atoms with E-state index in [2.05, 4.69) is 33.0 Å². The molecule has 14 heavy (non-hydrogen) atoms. The second kappa shape index (κ2) is 3.21. The molecular weight excluding hydrogens is 174 g/mol. The van der Waals surface area contributed by atoms with Crippen LogP contribution < -0.4 is 5.32 Å². The Bertz CT molecular complexity index is 202. The first-order valence-corrected chi connectivity index (χ1v) is 5.82. The lowest BCUT2D eigenvalue weighted by molar-refractivity contribution is 0.000963. The van der Waals surface area contributed by atoms with E-state index >= 15 is 0 Å². The van der Waals surface area contributed by atoms with E-state index in [1.165, 1.54) is 12.8 Å². The SMILES string of the molecule is CC1(C)C(OC2CCCNC2)C1(C)C. The van der Waals surface area contributed by atoms with E-state index in [1.54, 1.807) is 0 Å². The zero-order valence-corrected chi connectivity index (χ0v) is 9.89. The summed E-state index contributed by atoms with van der Waals surface area (Å²) in [5.74, 6) is 0. The Balaban J connectivity index is 1.87. The first kappa shape index (κ1) is 10.4. The molecule has 82 valence electrons. The van der Waals surface area contributed by atoms with Gasteiger partial charge in [0.25, 0.3) is 0 Å². The number of piperidine rings is 1. The van der Waals surface area contributed by atoms with Crippen molar-refractivity contribution in [3.8, 4) is 0 Å². The van der Waals surface area contributed by atoms with E-state index in [4.69, 9.17) is 4.74 Å². The molecule has 0 amide bonds. The molecule has 1 saturated carbocycles. The van der Waals surface area contributed by atoms with Gasteiger partial charge in [0.1, 0.15) is 0 Å². The van der Waals surface area contributed by atoms with Crippen molar-refractivity contribution < 1.29 is 4.74 Å². The largest absolute Gasteiger partial charge is 0.373 e. The molecule has 1 atom stereocenters. The molecule has 1 heterocycles. The Labute approximate surface area is 87.4 Å². The van der Waals surface area contributed by atoms with Crippen molar-refractivity contribution in [2.24, 2.45) is 10.8 Å². The molecule has 0 radical (unpaired) electrons. The highest BCUT2D eigenvalue weighted by Gasteiger charge is 2.66. The lowest BCUT2D eigenvalue weighted by Gasteiger charge is -2.24. The minimum absolute atomic E-state index is 0.366. The smallest absolute Gasteiger partial charge is 0.0704 e. The number of hydrogen-bond acceptors (Lipinski definition) is 2. The van der Waals surface area contributed by atoms with Crippen molar-refractivity contribution in [3.63, 3.8) is 0 Å². The maximum Gasteiger partial charge on any atom is 0.0704 e. The van der Waals surface area contributed by atoms with Crippen LogP contribution in [-0.4, -0.2) is 25.3 Å². The summed E-state index contributed by atoms with van der Waals surface area (Å²) in [5.41, 5.74) is 0.731. The molecule has 1 aliphatic carbocycles. The first-order chi connectivity index (χ1) is 6.46. The standard InChI is InChI=1S/C12H23NO/c1-11(2)10(12(11,3)4)14-9-6-5-7-13-8-9/h9-10,13H,5-8H2,1-4H3. The van der Waals surface area contributed by atoms with Gasteiger partial charge in [0.2, 0.25) is 0 Å². The summed E-state index contributed by atoms with van der Waals surface area (Å²) in [6, 6.07) is 0. The van der Waals surface area contributed by atoms with E-state index in [9.17, 15) is 0 Å². The van der Waals surface area contributed by atoms with Crippen molar-refractivity contribution in [2.75, 3.05) is 13.1 Å². The number of ether oxygens (including phenoxy) is 1. The monoisotopic (exact) mass is 197 g/mol. The third kappa shape index (κ3) is 1.49. The summed E-state index contributed by atoms with van der Waals surface area (Å²) in [6.45, 7) is 11.5. The van der Waals surface area contributed by atoms with Gasteiger partial charge < -0.3 is 10.1 Å². The maximum absolute atomic E-state index is 6.17. The zero-order valence-electron chi connectivity index (χ0n) is 9.89. The fourth-order valence-corrected chi connectivity index (χ4v) is 2.60. The van der Waals surface area contributed by atoms with Crippen molar-refractivity contribution in [2.45, 2.75) is 52.7 Å². The Morgan fingerprint density at radius 1 is 1.14 bits per heavy atom. The summed E-state index contributed by atoms with van der Waals surface area (Å²) < 4.78 is 6.17. The van der Waals surface area contributed by atoms with Gasteiger partial charge in [-0.25, -0.2) is 0 Å². The van der Waals surface area contributed by atoms with Crippen LogP contribution in [0.2, 0.25) is 0 Å². The van der Waals surface area contributed by atoms with Crippen molar-refractivity contribution in [1.82, 2.24) is 5.32 Å². The second-order valence-electron chi connectivity index (χ2n) is 5.93. The van der Waals surface area contributed by atoms with Crippen LogP contribution in [0.3, 0.4) is 0 Å². The Hall–Kier alpha value is -0.0800. The van der Waals surface area contributed by atoms with Crippen LogP contribution in [0.4, 0.5) is 0 Å². The molecule has 0 spiro atoms. The third-order valence-corrected chi connectivity index (χ3v) is 4.47. The van der Waals surface area contributed by atoms with E-state index in [-0.39, 0.29) is 0 Å². The lowest BCUT2D eigenvalue weighted by atomic mass is 10.0. The molecule has 1 N–H and O–H groups in total. The molecule has 0 bridgehead atoms. The topological polar surface area (TPSA) is 21.3 Å². The van der Waals surface area contributed by atoms with Gasteiger partial charge in [-0.2, -0.15) is 0 Å². The Morgan fingerprint density at radius 2 is 1.79 bits per heavy atom. The quantitative estimate of drug-likeness (QED) is 0.732.